The van der Waals surface area contributed by atoms with Crippen LogP contribution in [0.15, 0.2) is 60.9 Å². The molecule has 1 aliphatic heterocycles. The number of benzene rings is 2. The number of anilines is 1. The number of carbonyl (C=O) groups excluding carboxylic acids is 1. The Morgan fingerprint density at radius 2 is 1.93 bits per heavy atom. The van der Waals surface area contributed by atoms with Crippen LogP contribution in [-0.2, 0) is 10.5 Å². The molecule has 2 heterocycles. The van der Waals surface area contributed by atoms with Gasteiger partial charge in [0.05, 0.1) is 11.4 Å². The fraction of sp³-hybridized carbons (Fsp3) is 0.200. The molecule has 0 spiro atoms. The molecule has 7 heteroatoms. The van der Waals surface area contributed by atoms with E-state index in [1.54, 1.807) is 24.0 Å². The van der Waals surface area contributed by atoms with E-state index in [0.29, 0.717) is 36.2 Å². The standard InChI is InChI=1S/C20H19N3O3S/c24-20(22-16-4-7-18-19(12-16)26-11-10-25-18)14-27-13-15-2-5-17(6-3-15)23-9-1-8-21-23/h1-9,12H,10-11,13-14H2,(H,22,24). The Kier molecular flexibility index (Phi) is 5.29. The van der Waals surface area contributed by atoms with Gasteiger partial charge in [-0.2, -0.15) is 5.10 Å². The number of ether oxygens (including phenoxy) is 2. The second kappa shape index (κ2) is 8.18. The van der Waals surface area contributed by atoms with Crippen molar-refractivity contribution in [2.75, 3.05) is 24.3 Å². The van der Waals surface area contributed by atoms with Crippen LogP contribution in [0.1, 0.15) is 5.56 Å². The van der Waals surface area contributed by atoms with Crippen LogP contribution in [0, 0.1) is 0 Å². The third-order valence-electron chi connectivity index (χ3n) is 4.03. The monoisotopic (exact) mass is 381 g/mol. The molecule has 0 aliphatic carbocycles. The van der Waals surface area contributed by atoms with Gasteiger partial charge in [0.25, 0.3) is 0 Å². The summed E-state index contributed by atoms with van der Waals surface area (Å²) in [6, 6.07) is 15.5. The van der Waals surface area contributed by atoms with Crippen LogP contribution < -0.4 is 14.8 Å². The van der Waals surface area contributed by atoms with Crippen LogP contribution in [0.2, 0.25) is 0 Å². The summed E-state index contributed by atoms with van der Waals surface area (Å²) in [6.07, 6.45) is 3.66. The number of fused-ring (bicyclic) bond motifs is 1. The number of nitrogens with zero attached hydrogens (tertiary/aromatic N) is 2. The van der Waals surface area contributed by atoms with Gasteiger partial charge < -0.3 is 14.8 Å². The van der Waals surface area contributed by atoms with Crippen molar-refractivity contribution < 1.29 is 14.3 Å². The summed E-state index contributed by atoms with van der Waals surface area (Å²) < 4.78 is 12.8. The zero-order chi connectivity index (χ0) is 18.5. The highest BCUT2D eigenvalue weighted by atomic mass is 32.2. The largest absolute Gasteiger partial charge is 0.486 e. The number of aromatic nitrogens is 2. The Bertz CT molecular complexity index is 911. The lowest BCUT2D eigenvalue weighted by Gasteiger charge is -2.19. The number of amides is 1. The molecule has 0 saturated heterocycles. The van der Waals surface area contributed by atoms with Gasteiger partial charge >= 0.3 is 0 Å². The van der Waals surface area contributed by atoms with E-state index >= 15 is 0 Å². The maximum atomic E-state index is 12.2. The highest BCUT2D eigenvalue weighted by Crippen LogP contribution is 2.32. The summed E-state index contributed by atoms with van der Waals surface area (Å²) in [5, 5.41) is 7.11. The minimum Gasteiger partial charge on any atom is -0.486 e. The Morgan fingerprint density at radius 1 is 1.11 bits per heavy atom. The average molecular weight is 381 g/mol. The Balaban J connectivity index is 1.26. The lowest BCUT2D eigenvalue weighted by atomic mass is 10.2. The Hall–Kier alpha value is -2.93. The molecule has 0 atom stereocenters. The number of rotatable bonds is 6. The van der Waals surface area contributed by atoms with Gasteiger partial charge in [-0.15, -0.1) is 11.8 Å². The summed E-state index contributed by atoms with van der Waals surface area (Å²) in [5.74, 6) is 2.50. The van der Waals surface area contributed by atoms with Crippen LogP contribution in [-0.4, -0.2) is 34.7 Å². The van der Waals surface area contributed by atoms with Crippen molar-refractivity contribution in [1.82, 2.24) is 9.78 Å². The minimum atomic E-state index is -0.0372. The van der Waals surface area contributed by atoms with Gasteiger partial charge in [-0.1, -0.05) is 12.1 Å². The van der Waals surface area contributed by atoms with E-state index < -0.39 is 0 Å². The fourth-order valence-electron chi connectivity index (χ4n) is 2.75. The van der Waals surface area contributed by atoms with Gasteiger partial charge in [0, 0.05) is 29.9 Å². The van der Waals surface area contributed by atoms with Crippen LogP contribution >= 0.6 is 11.8 Å². The van der Waals surface area contributed by atoms with Crippen molar-refractivity contribution in [1.29, 1.82) is 0 Å². The van der Waals surface area contributed by atoms with E-state index in [2.05, 4.69) is 22.5 Å². The summed E-state index contributed by atoms with van der Waals surface area (Å²) >= 11 is 1.58. The van der Waals surface area contributed by atoms with E-state index in [1.807, 2.05) is 41.2 Å². The zero-order valence-corrected chi connectivity index (χ0v) is 15.4. The first-order valence-electron chi connectivity index (χ1n) is 8.64. The van der Waals surface area contributed by atoms with Gasteiger partial charge in [0.15, 0.2) is 11.5 Å². The summed E-state index contributed by atoms with van der Waals surface area (Å²) in [7, 11) is 0. The van der Waals surface area contributed by atoms with Crippen LogP contribution in [0.3, 0.4) is 0 Å². The van der Waals surface area contributed by atoms with Crippen molar-refractivity contribution in [2.24, 2.45) is 0 Å². The van der Waals surface area contributed by atoms with Crippen molar-refractivity contribution >= 4 is 23.4 Å². The van der Waals surface area contributed by atoms with Crippen LogP contribution in [0.4, 0.5) is 5.69 Å². The van der Waals surface area contributed by atoms with E-state index in [1.165, 1.54) is 5.56 Å². The van der Waals surface area contributed by atoms with Crippen molar-refractivity contribution in [3.63, 3.8) is 0 Å². The number of hydrogen-bond acceptors (Lipinski definition) is 5. The summed E-state index contributed by atoms with van der Waals surface area (Å²) in [5.41, 5.74) is 2.90. The third-order valence-corrected chi connectivity index (χ3v) is 5.04. The molecule has 1 N–H and O–H groups in total. The average Bonchev–Trinajstić information content (AvgIpc) is 3.23. The molecule has 0 bridgehead atoms. The number of nitrogens with one attached hydrogen (secondary N) is 1. The summed E-state index contributed by atoms with van der Waals surface area (Å²) in [6.45, 7) is 1.08. The molecule has 1 amide bonds. The highest BCUT2D eigenvalue weighted by molar-refractivity contribution is 7.99. The molecule has 4 rings (SSSR count). The molecule has 27 heavy (non-hydrogen) atoms. The first-order chi connectivity index (χ1) is 13.3. The molecule has 138 valence electrons. The Morgan fingerprint density at radius 3 is 2.70 bits per heavy atom. The van der Waals surface area contributed by atoms with Gasteiger partial charge in [0.2, 0.25) is 5.91 Å². The highest BCUT2D eigenvalue weighted by Gasteiger charge is 2.12. The van der Waals surface area contributed by atoms with Crippen LogP contribution in [0.5, 0.6) is 11.5 Å². The summed E-state index contributed by atoms with van der Waals surface area (Å²) in [4.78, 5) is 12.2. The van der Waals surface area contributed by atoms with Gasteiger partial charge in [-0.3, -0.25) is 4.79 Å². The molecule has 0 saturated carbocycles. The van der Waals surface area contributed by atoms with Gasteiger partial charge in [0.1, 0.15) is 13.2 Å². The molecule has 2 aromatic carbocycles. The molecule has 1 aromatic heterocycles. The second-order valence-electron chi connectivity index (χ2n) is 6.02. The first kappa shape index (κ1) is 17.5. The lowest BCUT2D eigenvalue weighted by molar-refractivity contribution is -0.113. The van der Waals surface area contributed by atoms with Crippen molar-refractivity contribution in [3.8, 4) is 17.2 Å². The number of carbonyl (C=O) groups is 1. The van der Waals surface area contributed by atoms with E-state index in [0.717, 1.165) is 11.4 Å². The zero-order valence-electron chi connectivity index (χ0n) is 14.6. The molecule has 3 aromatic rings. The van der Waals surface area contributed by atoms with E-state index in [-0.39, 0.29) is 5.91 Å². The quantitative estimate of drug-likeness (QED) is 0.708. The van der Waals surface area contributed by atoms with Crippen molar-refractivity contribution in [2.45, 2.75) is 5.75 Å². The number of thioether (sulfide) groups is 1. The predicted octanol–water partition coefficient (Wildman–Crippen LogP) is 3.52. The lowest BCUT2D eigenvalue weighted by Crippen LogP contribution is -2.17. The normalized spacial score (nSPS) is 12.6. The maximum absolute atomic E-state index is 12.2. The van der Waals surface area contributed by atoms with Gasteiger partial charge in [-0.05, 0) is 35.9 Å². The van der Waals surface area contributed by atoms with Gasteiger partial charge in [-0.25, -0.2) is 4.68 Å². The molecular weight excluding hydrogens is 362 g/mol. The SMILES string of the molecule is O=C(CSCc1ccc(-n2cccn2)cc1)Nc1ccc2c(c1)OCCO2. The smallest absolute Gasteiger partial charge is 0.234 e. The molecule has 0 unspecified atom stereocenters. The molecular formula is C20H19N3O3S. The minimum absolute atomic E-state index is 0.0372. The molecule has 6 nitrogen and oxygen atoms in total. The van der Waals surface area contributed by atoms with E-state index in [4.69, 9.17) is 9.47 Å². The first-order valence-corrected chi connectivity index (χ1v) is 9.79. The maximum Gasteiger partial charge on any atom is 0.234 e. The van der Waals surface area contributed by atoms with Crippen LogP contribution in [0.25, 0.3) is 5.69 Å². The fourth-order valence-corrected chi connectivity index (χ4v) is 3.53. The predicted molar refractivity (Wildman–Crippen MR) is 106 cm³/mol. The van der Waals surface area contributed by atoms with E-state index in [9.17, 15) is 4.79 Å². The Labute approximate surface area is 161 Å². The molecule has 0 radical (unpaired) electrons. The second-order valence-corrected chi connectivity index (χ2v) is 7.00. The number of hydrogen-bond donors (Lipinski definition) is 1. The molecule has 1 aliphatic rings. The van der Waals surface area contributed by atoms with Crippen molar-refractivity contribution in [3.05, 3.63) is 66.5 Å². The third kappa shape index (κ3) is 4.43. The molecule has 0 fully saturated rings. The topological polar surface area (TPSA) is 65.4 Å².